The van der Waals surface area contributed by atoms with Crippen molar-refractivity contribution in [2.45, 2.75) is 19.4 Å². The molecule has 3 nitrogen and oxygen atoms in total. The Labute approximate surface area is 119 Å². The van der Waals surface area contributed by atoms with Gasteiger partial charge in [0.15, 0.2) is 0 Å². The first-order chi connectivity index (χ1) is 9.86. The second kappa shape index (κ2) is 5.87. The van der Waals surface area contributed by atoms with E-state index in [0.29, 0.717) is 6.61 Å². The van der Waals surface area contributed by atoms with Crippen LogP contribution < -0.4 is 14.8 Å². The van der Waals surface area contributed by atoms with E-state index in [1.165, 1.54) is 23.2 Å². The number of hydrogen-bond acceptors (Lipinski definition) is 3. The summed E-state index contributed by atoms with van der Waals surface area (Å²) < 4.78 is 11.0. The summed E-state index contributed by atoms with van der Waals surface area (Å²) in [5.74, 6) is 1.71. The lowest BCUT2D eigenvalue weighted by Crippen LogP contribution is -2.14. The normalized spacial score (nSPS) is 13.2. The maximum atomic E-state index is 5.87. The number of ether oxygens (including phenoxy) is 2. The Balaban J connectivity index is 1.71. The molecule has 104 valence electrons. The lowest BCUT2D eigenvalue weighted by atomic mass is 9.98. The third-order valence-corrected chi connectivity index (χ3v) is 3.65. The molecule has 1 heterocycles. The molecule has 0 saturated carbocycles. The third kappa shape index (κ3) is 2.72. The van der Waals surface area contributed by atoms with Crippen LogP contribution in [0.25, 0.3) is 0 Å². The molecule has 0 aliphatic carbocycles. The number of fused-ring (bicyclic) bond motifs is 1. The van der Waals surface area contributed by atoms with Gasteiger partial charge in [-0.05, 0) is 54.3 Å². The van der Waals surface area contributed by atoms with Crippen molar-refractivity contribution in [2.75, 3.05) is 19.0 Å². The van der Waals surface area contributed by atoms with Crippen LogP contribution in [-0.2, 0) is 13.0 Å². The topological polar surface area (TPSA) is 30.5 Å². The zero-order valence-electron chi connectivity index (χ0n) is 11.7. The molecule has 0 saturated heterocycles. The van der Waals surface area contributed by atoms with Crippen molar-refractivity contribution < 1.29 is 9.47 Å². The molecule has 0 aromatic heterocycles. The quantitative estimate of drug-likeness (QED) is 0.919. The van der Waals surface area contributed by atoms with Crippen molar-refractivity contribution in [1.29, 1.82) is 0 Å². The number of hydrogen-bond donors (Lipinski definition) is 1. The molecule has 1 N–H and O–H groups in total. The predicted octanol–water partition coefficient (Wildman–Crippen LogP) is 3.63. The summed E-state index contributed by atoms with van der Waals surface area (Å²) in [6.45, 7) is 1.67. The fraction of sp³-hybridized carbons (Fsp3) is 0.294. The van der Waals surface area contributed by atoms with Crippen molar-refractivity contribution >= 4 is 5.69 Å². The van der Waals surface area contributed by atoms with Crippen molar-refractivity contribution in [1.82, 2.24) is 0 Å². The first-order valence-corrected chi connectivity index (χ1v) is 6.98. The van der Waals surface area contributed by atoms with Gasteiger partial charge in [-0.1, -0.05) is 12.1 Å². The maximum Gasteiger partial charge on any atom is 0.120 e. The van der Waals surface area contributed by atoms with Crippen LogP contribution >= 0.6 is 0 Å². The Kier molecular flexibility index (Phi) is 3.77. The second-order valence-corrected chi connectivity index (χ2v) is 4.94. The third-order valence-electron chi connectivity index (χ3n) is 3.65. The van der Waals surface area contributed by atoms with E-state index in [1.807, 2.05) is 24.3 Å². The van der Waals surface area contributed by atoms with Gasteiger partial charge in [-0.15, -0.1) is 0 Å². The van der Waals surface area contributed by atoms with E-state index in [-0.39, 0.29) is 0 Å². The van der Waals surface area contributed by atoms with Crippen molar-refractivity contribution in [2.24, 2.45) is 0 Å². The monoisotopic (exact) mass is 269 g/mol. The number of rotatable bonds is 4. The SMILES string of the molecule is COc1ccc(OCc2cccc3c2CCCN3)cc1. The summed E-state index contributed by atoms with van der Waals surface area (Å²) in [7, 11) is 1.67. The zero-order valence-corrected chi connectivity index (χ0v) is 11.7. The zero-order chi connectivity index (χ0) is 13.8. The molecule has 0 unspecified atom stereocenters. The van der Waals surface area contributed by atoms with Gasteiger partial charge in [0.25, 0.3) is 0 Å². The molecule has 20 heavy (non-hydrogen) atoms. The average molecular weight is 269 g/mol. The molecule has 1 aliphatic heterocycles. The largest absolute Gasteiger partial charge is 0.497 e. The molecule has 2 aromatic carbocycles. The summed E-state index contributed by atoms with van der Waals surface area (Å²) >= 11 is 0. The summed E-state index contributed by atoms with van der Waals surface area (Å²) in [5.41, 5.74) is 3.92. The summed E-state index contributed by atoms with van der Waals surface area (Å²) in [4.78, 5) is 0. The summed E-state index contributed by atoms with van der Waals surface area (Å²) in [6, 6.07) is 14.1. The van der Waals surface area contributed by atoms with Crippen LogP contribution in [0, 0.1) is 0 Å². The Bertz CT molecular complexity index is 578. The van der Waals surface area contributed by atoms with Crippen LogP contribution in [0.3, 0.4) is 0 Å². The van der Waals surface area contributed by atoms with Crippen LogP contribution in [0.2, 0.25) is 0 Å². The standard InChI is InChI=1S/C17H19NO2/c1-19-14-7-9-15(10-8-14)20-12-13-4-2-6-17-16(13)5-3-11-18-17/h2,4,6-10,18H,3,5,11-12H2,1H3. The molecule has 0 bridgehead atoms. The van der Waals surface area contributed by atoms with Crippen LogP contribution in [0.4, 0.5) is 5.69 Å². The first kappa shape index (κ1) is 12.9. The van der Waals surface area contributed by atoms with Gasteiger partial charge in [0.2, 0.25) is 0 Å². The van der Waals surface area contributed by atoms with Gasteiger partial charge in [0.1, 0.15) is 18.1 Å². The predicted molar refractivity (Wildman–Crippen MR) is 80.6 cm³/mol. The number of nitrogens with one attached hydrogen (secondary N) is 1. The van der Waals surface area contributed by atoms with Crippen molar-refractivity contribution in [3.8, 4) is 11.5 Å². The fourth-order valence-corrected chi connectivity index (χ4v) is 2.55. The van der Waals surface area contributed by atoms with Crippen molar-refractivity contribution in [3.63, 3.8) is 0 Å². The minimum Gasteiger partial charge on any atom is -0.497 e. The first-order valence-electron chi connectivity index (χ1n) is 6.98. The molecule has 3 rings (SSSR count). The highest BCUT2D eigenvalue weighted by Gasteiger charge is 2.12. The van der Waals surface area contributed by atoms with Crippen LogP contribution in [0.1, 0.15) is 17.5 Å². The molecule has 2 aromatic rings. The lowest BCUT2D eigenvalue weighted by Gasteiger charge is -2.21. The van der Waals surface area contributed by atoms with Gasteiger partial charge >= 0.3 is 0 Å². The molecule has 3 heteroatoms. The molecule has 0 spiro atoms. The van der Waals surface area contributed by atoms with Crippen LogP contribution in [0.15, 0.2) is 42.5 Å². The molecular formula is C17H19NO2. The van der Waals surface area contributed by atoms with Crippen LogP contribution in [0.5, 0.6) is 11.5 Å². The van der Waals surface area contributed by atoms with Gasteiger partial charge < -0.3 is 14.8 Å². The van der Waals surface area contributed by atoms with E-state index < -0.39 is 0 Å². The smallest absolute Gasteiger partial charge is 0.120 e. The van der Waals surface area contributed by atoms with Gasteiger partial charge in [0.05, 0.1) is 7.11 Å². The van der Waals surface area contributed by atoms with E-state index in [2.05, 4.69) is 23.5 Å². The maximum absolute atomic E-state index is 5.87. The van der Waals surface area contributed by atoms with E-state index in [1.54, 1.807) is 7.11 Å². The molecule has 0 radical (unpaired) electrons. The van der Waals surface area contributed by atoms with Crippen molar-refractivity contribution in [3.05, 3.63) is 53.6 Å². The number of benzene rings is 2. The Hall–Kier alpha value is -2.16. The minimum absolute atomic E-state index is 0.608. The Morgan fingerprint density at radius 2 is 1.85 bits per heavy atom. The minimum atomic E-state index is 0.608. The van der Waals surface area contributed by atoms with Gasteiger partial charge in [-0.25, -0.2) is 0 Å². The molecule has 0 atom stereocenters. The summed E-state index contributed by atoms with van der Waals surface area (Å²) in [5, 5.41) is 3.44. The van der Waals surface area contributed by atoms with E-state index in [0.717, 1.165) is 24.5 Å². The van der Waals surface area contributed by atoms with E-state index in [9.17, 15) is 0 Å². The van der Waals surface area contributed by atoms with E-state index >= 15 is 0 Å². The van der Waals surface area contributed by atoms with Gasteiger partial charge in [-0.3, -0.25) is 0 Å². The van der Waals surface area contributed by atoms with Gasteiger partial charge in [0, 0.05) is 12.2 Å². The van der Waals surface area contributed by atoms with E-state index in [4.69, 9.17) is 9.47 Å². The average Bonchev–Trinajstić information content (AvgIpc) is 2.53. The number of methoxy groups -OCH3 is 1. The second-order valence-electron chi connectivity index (χ2n) is 4.94. The lowest BCUT2D eigenvalue weighted by molar-refractivity contribution is 0.304. The highest BCUT2D eigenvalue weighted by molar-refractivity contribution is 5.56. The molecule has 1 aliphatic rings. The molecule has 0 amide bonds. The highest BCUT2D eigenvalue weighted by atomic mass is 16.5. The fourth-order valence-electron chi connectivity index (χ4n) is 2.55. The van der Waals surface area contributed by atoms with Gasteiger partial charge in [-0.2, -0.15) is 0 Å². The number of anilines is 1. The highest BCUT2D eigenvalue weighted by Crippen LogP contribution is 2.26. The Morgan fingerprint density at radius 3 is 2.65 bits per heavy atom. The van der Waals surface area contributed by atoms with Crippen LogP contribution in [-0.4, -0.2) is 13.7 Å². The Morgan fingerprint density at radius 1 is 1.05 bits per heavy atom. The molecular weight excluding hydrogens is 250 g/mol. The summed E-state index contributed by atoms with van der Waals surface area (Å²) in [6.07, 6.45) is 2.32. The molecule has 0 fully saturated rings.